The highest BCUT2D eigenvalue weighted by atomic mass is 16.5. The van der Waals surface area contributed by atoms with Gasteiger partial charge in [0.15, 0.2) is 0 Å². The maximum absolute atomic E-state index is 5.79. The van der Waals surface area contributed by atoms with Gasteiger partial charge in [-0.15, -0.1) is 0 Å². The van der Waals surface area contributed by atoms with Gasteiger partial charge in [0.25, 0.3) is 0 Å². The molecule has 1 N–H and O–H groups in total. The molecule has 2 atom stereocenters. The Morgan fingerprint density at radius 1 is 1.40 bits per heavy atom. The molecular formula is C13H19NO. The number of ether oxygens (including phenoxy) is 1. The van der Waals surface area contributed by atoms with Crippen LogP contribution in [0.4, 0.5) is 0 Å². The normalized spacial score (nSPS) is 23.7. The minimum atomic E-state index is 0.319. The molecule has 0 saturated carbocycles. The van der Waals surface area contributed by atoms with E-state index in [1.54, 1.807) is 0 Å². The number of morpholine rings is 1. The van der Waals surface area contributed by atoms with Crippen LogP contribution in [0.5, 0.6) is 0 Å². The molecule has 2 heteroatoms. The van der Waals surface area contributed by atoms with Gasteiger partial charge >= 0.3 is 0 Å². The molecule has 1 aromatic carbocycles. The highest BCUT2D eigenvalue weighted by molar-refractivity contribution is 5.29. The first-order chi connectivity index (χ1) is 7.29. The largest absolute Gasteiger partial charge is 0.375 e. The molecule has 1 fully saturated rings. The maximum atomic E-state index is 5.79. The van der Waals surface area contributed by atoms with Crippen molar-refractivity contribution in [1.82, 2.24) is 5.32 Å². The molecular weight excluding hydrogens is 186 g/mol. The molecule has 15 heavy (non-hydrogen) atoms. The van der Waals surface area contributed by atoms with E-state index in [9.17, 15) is 0 Å². The van der Waals surface area contributed by atoms with Crippen LogP contribution in [0.15, 0.2) is 24.3 Å². The van der Waals surface area contributed by atoms with Crippen LogP contribution in [-0.4, -0.2) is 25.8 Å². The third kappa shape index (κ3) is 2.39. The van der Waals surface area contributed by atoms with Crippen molar-refractivity contribution in [3.8, 4) is 0 Å². The lowest BCUT2D eigenvalue weighted by molar-refractivity contribution is 0.0145. The van der Waals surface area contributed by atoms with Gasteiger partial charge in [0.1, 0.15) is 0 Å². The fourth-order valence-electron chi connectivity index (χ4n) is 2.20. The van der Waals surface area contributed by atoms with Gasteiger partial charge < -0.3 is 10.1 Å². The summed E-state index contributed by atoms with van der Waals surface area (Å²) in [4.78, 5) is 0. The standard InChI is InChI=1S/C13H19NO/c1-10-5-3-4-6-12(10)11(2)13-9-14-7-8-15-13/h3-6,11,13-14H,7-9H2,1-2H3. The van der Waals surface area contributed by atoms with E-state index in [4.69, 9.17) is 4.74 Å². The predicted molar refractivity (Wildman–Crippen MR) is 62.2 cm³/mol. The predicted octanol–water partition coefficient (Wildman–Crippen LogP) is 2.09. The smallest absolute Gasteiger partial charge is 0.0765 e. The number of hydrogen-bond acceptors (Lipinski definition) is 2. The van der Waals surface area contributed by atoms with E-state index >= 15 is 0 Å². The third-order valence-corrected chi connectivity index (χ3v) is 3.19. The SMILES string of the molecule is Cc1ccccc1C(C)C1CNCCO1. The summed E-state index contributed by atoms with van der Waals surface area (Å²) in [6, 6.07) is 8.57. The van der Waals surface area contributed by atoms with Gasteiger partial charge in [-0.2, -0.15) is 0 Å². The van der Waals surface area contributed by atoms with Crippen molar-refractivity contribution in [2.45, 2.75) is 25.9 Å². The molecule has 0 aromatic heterocycles. The van der Waals surface area contributed by atoms with Crippen molar-refractivity contribution in [2.24, 2.45) is 0 Å². The molecule has 2 unspecified atom stereocenters. The van der Waals surface area contributed by atoms with Crippen LogP contribution in [0.1, 0.15) is 24.0 Å². The third-order valence-electron chi connectivity index (χ3n) is 3.19. The average molecular weight is 205 g/mol. The summed E-state index contributed by atoms with van der Waals surface area (Å²) in [5.41, 5.74) is 2.77. The number of aryl methyl sites for hydroxylation is 1. The van der Waals surface area contributed by atoms with Crippen molar-refractivity contribution in [2.75, 3.05) is 19.7 Å². The second kappa shape index (κ2) is 4.77. The molecule has 2 nitrogen and oxygen atoms in total. The van der Waals surface area contributed by atoms with Gasteiger partial charge in [-0.05, 0) is 18.1 Å². The molecule has 1 heterocycles. The van der Waals surface area contributed by atoms with Crippen molar-refractivity contribution in [3.05, 3.63) is 35.4 Å². The van der Waals surface area contributed by atoms with E-state index in [1.165, 1.54) is 11.1 Å². The van der Waals surface area contributed by atoms with E-state index in [0.29, 0.717) is 12.0 Å². The van der Waals surface area contributed by atoms with E-state index in [1.807, 2.05) is 0 Å². The van der Waals surface area contributed by atoms with Crippen LogP contribution in [-0.2, 0) is 4.74 Å². The lowest BCUT2D eigenvalue weighted by Gasteiger charge is -2.29. The minimum Gasteiger partial charge on any atom is -0.375 e. The van der Waals surface area contributed by atoms with E-state index < -0.39 is 0 Å². The van der Waals surface area contributed by atoms with E-state index in [-0.39, 0.29) is 0 Å². The molecule has 1 aromatic rings. The second-order valence-corrected chi connectivity index (χ2v) is 4.26. The topological polar surface area (TPSA) is 21.3 Å². The van der Waals surface area contributed by atoms with Crippen molar-refractivity contribution in [1.29, 1.82) is 0 Å². The van der Waals surface area contributed by atoms with E-state index in [2.05, 4.69) is 43.4 Å². The Balaban J connectivity index is 2.12. The molecule has 0 bridgehead atoms. The zero-order valence-corrected chi connectivity index (χ0v) is 9.49. The Kier molecular flexibility index (Phi) is 3.39. The van der Waals surface area contributed by atoms with Gasteiger partial charge in [-0.25, -0.2) is 0 Å². The van der Waals surface area contributed by atoms with Crippen molar-refractivity contribution >= 4 is 0 Å². The lowest BCUT2D eigenvalue weighted by atomic mass is 9.91. The van der Waals surface area contributed by atoms with Gasteiger partial charge in [-0.3, -0.25) is 0 Å². The van der Waals surface area contributed by atoms with Crippen LogP contribution in [0.25, 0.3) is 0 Å². The fourth-order valence-corrected chi connectivity index (χ4v) is 2.20. The zero-order chi connectivity index (χ0) is 10.7. The molecule has 0 radical (unpaired) electrons. The fraction of sp³-hybridized carbons (Fsp3) is 0.538. The molecule has 0 amide bonds. The van der Waals surface area contributed by atoms with Gasteiger partial charge in [-0.1, -0.05) is 31.2 Å². The summed E-state index contributed by atoms with van der Waals surface area (Å²) in [6.07, 6.45) is 0.319. The van der Waals surface area contributed by atoms with Gasteiger partial charge in [0, 0.05) is 19.0 Å². The monoisotopic (exact) mass is 205 g/mol. The van der Waals surface area contributed by atoms with Crippen LogP contribution >= 0.6 is 0 Å². The van der Waals surface area contributed by atoms with Crippen molar-refractivity contribution < 1.29 is 4.74 Å². The first-order valence-electron chi connectivity index (χ1n) is 5.67. The summed E-state index contributed by atoms with van der Waals surface area (Å²) in [5, 5.41) is 3.38. The minimum absolute atomic E-state index is 0.319. The van der Waals surface area contributed by atoms with Crippen molar-refractivity contribution in [3.63, 3.8) is 0 Å². The maximum Gasteiger partial charge on any atom is 0.0765 e. The van der Waals surface area contributed by atoms with Crippen LogP contribution in [0.2, 0.25) is 0 Å². The summed E-state index contributed by atoms with van der Waals surface area (Å²) < 4.78 is 5.79. The molecule has 82 valence electrons. The summed E-state index contributed by atoms with van der Waals surface area (Å²) in [6.45, 7) is 7.20. The Hall–Kier alpha value is -0.860. The quantitative estimate of drug-likeness (QED) is 0.798. The van der Waals surface area contributed by atoms with Gasteiger partial charge in [0.2, 0.25) is 0 Å². The Labute approximate surface area is 91.6 Å². The Morgan fingerprint density at radius 3 is 2.87 bits per heavy atom. The Bertz CT molecular complexity index is 318. The van der Waals surface area contributed by atoms with Crippen LogP contribution in [0.3, 0.4) is 0 Å². The zero-order valence-electron chi connectivity index (χ0n) is 9.49. The van der Waals surface area contributed by atoms with Crippen LogP contribution in [0, 0.1) is 6.92 Å². The number of nitrogens with one attached hydrogen (secondary N) is 1. The molecule has 2 rings (SSSR count). The first-order valence-corrected chi connectivity index (χ1v) is 5.67. The lowest BCUT2D eigenvalue weighted by Crippen LogP contribution is -2.41. The summed E-state index contributed by atoms with van der Waals surface area (Å²) >= 11 is 0. The second-order valence-electron chi connectivity index (χ2n) is 4.26. The van der Waals surface area contributed by atoms with Crippen LogP contribution < -0.4 is 5.32 Å². The molecule has 0 spiro atoms. The number of rotatable bonds is 2. The molecule has 1 aliphatic heterocycles. The Morgan fingerprint density at radius 2 is 2.20 bits per heavy atom. The number of benzene rings is 1. The van der Waals surface area contributed by atoms with E-state index in [0.717, 1.165) is 19.7 Å². The average Bonchev–Trinajstić information content (AvgIpc) is 2.30. The summed E-state index contributed by atoms with van der Waals surface area (Å²) in [5.74, 6) is 0.471. The highest BCUT2D eigenvalue weighted by Crippen LogP contribution is 2.24. The van der Waals surface area contributed by atoms with Gasteiger partial charge in [0.05, 0.1) is 12.7 Å². The summed E-state index contributed by atoms with van der Waals surface area (Å²) in [7, 11) is 0. The molecule has 1 aliphatic rings. The molecule has 0 aliphatic carbocycles. The number of hydrogen-bond donors (Lipinski definition) is 1. The molecule has 1 saturated heterocycles. The first kappa shape index (κ1) is 10.7. The highest BCUT2D eigenvalue weighted by Gasteiger charge is 2.22.